The van der Waals surface area contributed by atoms with Crippen LogP contribution in [0.2, 0.25) is 0 Å². The van der Waals surface area contributed by atoms with Gasteiger partial charge < -0.3 is 5.73 Å². The highest BCUT2D eigenvalue weighted by atomic mass is 32.1. The fraction of sp³-hybridized carbons (Fsp3) is 0.200. The molecule has 2 rings (SSSR count). The van der Waals surface area contributed by atoms with Crippen LogP contribution in [0.1, 0.15) is 20.1 Å². The minimum absolute atomic E-state index is 0.234. The highest BCUT2D eigenvalue weighted by Crippen LogP contribution is 2.22. The minimum atomic E-state index is -0.234. The number of anilines is 1. The van der Waals surface area contributed by atoms with Gasteiger partial charge in [-0.1, -0.05) is 21.4 Å². The molecule has 0 aliphatic rings. The summed E-state index contributed by atoms with van der Waals surface area (Å²) in [5.41, 5.74) is 6.27. The van der Waals surface area contributed by atoms with Gasteiger partial charge in [-0.2, -0.15) is 0 Å². The SMILES string of the molecule is Cc1cc(C(=O)Nc2nnns2)sc1C#CCN. The lowest BCUT2D eigenvalue weighted by molar-refractivity contribution is 0.103. The van der Waals surface area contributed by atoms with Gasteiger partial charge in [-0.25, -0.2) is 0 Å². The van der Waals surface area contributed by atoms with E-state index in [1.807, 2.05) is 6.92 Å². The van der Waals surface area contributed by atoms with Crippen LogP contribution < -0.4 is 11.1 Å². The lowest BCUT2D eigenvalue weighted by Gasteiger charge is -1.95. The van der Waals surface area contributed by atoms with Gasteiger partial charge >= 0.3 is 0 Å². The Morgan fingerprint density at radius 1 is 1.61 bits per heavy atom. The van der Waals surface area contributed by atoms with Gasteiger partial charge in [-0.15, -0.1) is 11.3 Å². The fourth-order valence-corrected chi connectivity index (χ4v) is 2.49. The van der Waals surface area contributed by atoms with Crippen LogP contribution in [-0.4, -0.2) is 27.3 Å². The van der Waals surface area contributed by atoms with Crippen molar-refractivity contribution in [2.75, 3.05) is 11.9 Å². The third kappa shape index (κ3) is 2.89. The van der Waals surface area contributed by atoms with Gasteiger partial charge in [0.1, 0.15) is 0 Å². The van der Waals surface area contributed by atoms with Crippen LogP contribution in [0.15, 0.2) is 6.07 Å². The molecule has 2 aromatic rings. The summed E-state index contributed by atoms with van der Waals surface area (Å²) < 4.78 is 3.57. The maximum absolute atomic E-state index is 11.9. The molecular formula is C10H9N5OS2. The topological polar surface area (TPSA) is 93.8 Å². The molecule has 8 heteroatoms. The van der Waals surface area contributed by atoms with Gasteiger partial charge in [0.05, 0.1) is 16.3 Å². The average Bonchev–Trinajstić information content (AvgIpc) is 2.96. The Hall–Kier alpha value is -1.82. The quantitative estimate of drug-likeness (QED) is 0.795. The number of rotatable bonds is 2. The summed E-state index contributed by atoms with van der Waals surface area (Å²) >= 11 is 2.35. The number of aromatic nitrogens is 3. The number of hydrogen-bond donors (Lipinski definition) is 2. The molecule has 0 aliphatic heterocycles. The standard InChI is InChI=1S/C10H9N5OS2/c1-6-5-8(17-7(6)3-2-4-11)9(16)12-10-13-14-15-18-10/h5H,4,11H2,1H3,(H,12,13,15,16). The van der Waals surface area contributed by atoms with E-state index in [-0.39, 0.29) is 5.91 Å². The highest BCUT2D eigenvalue weighted by Gasteiger charge is 2.13. The highest BCUT2D eigenvalue weighted by molar-refractivity contribution is 7.15. The molecule has 0 radical (unpaired) electrons. The van der Waals surface area contributed by atoms with Crippen LogP contribution >= 0.6 is 22.9 Å². The van der Waals surface area contributed by atoms with Gasteiger partial charge in [0, 0.05) is 11.5 Å². The van der Waals surface area contributed by atoms with E-state index in [0.717, 1.165) is 22.0 Å². The first-order valence-corrected chi connectivity index (χ1v) is 6.55. The molecule has 0 aliphatic carbocycles. The first-order valence-electron chi connectivity index (χ1n) is 4.96. The Bertz CT molecular complexity index is 608. The molecule has 6 nitrogen and oxygen atoms in total. The maximum Gasteiger partial charge on any atom is 0.267 e. The van der Waals surface area contributed by atoms with Gasteiger partial charge in [0.2, 0.25) is 5.13 Å². The van der Waals surface area contributed by atoms with Crippen molar-refractivity contribution in [2.45, 2.75) is 6.92 Å². The van der Waals surface area contributed by atoms with Gasteiger partial charge in [-0.05, 0) is 23.8 Å². The number of aryl methyl sites for hydroxylation is 1. The molecule has 0 saturated heterocycles. The van der Waals surface area contributed by atoms with Crippen molar-refractivity contribution in [3.63, 3.8) is 0 Å². The van der Waals surface area contributed by atoms with E-state index in [1.54, 1.807) is 6.07 Å². The van der Waals surface area contributed by atoms with Crippen molar-refractivity contribution >= 4 is 33.9 Å². The van der Waals surface area contributed by atoms with Crippen LogP contribution in [0.4, 0.5) is 5.13 Å². The van der Waals surface area contributed by atoms with E-state index in [4.69, 9.17) is 5.73 Å². The molecule has 0 saturated carbocycles. The summed E-state index contributed by atoms with van der Waals surface area (Å²) in [6.07, 6.45) is 0. The third-order valence-corrected chi connectivity index (χ3v) is 3.63. The molecule has 2 heterocycles. The van der Waals surface area contributed by atoms with E-state index in [0.29, 0.717) is 16.6 Å². The van der Waals surface area contributed by atoms with Crippen LogP contribution in [0, 0.1) is 18.8 Å². The first-order chi connectivity index (χ1) is 8.70. The summed E-state index contributed by atoms with van der Waals surface area (Å²) in [4.78, 5) is 13.3. The largest absolute Gasteiger partial charge is 0.320 e. The summed E-state index contributed by atoms with van der Waals surface area (Å²) in [5, 5.41) is 10.0. The van der Waals surface area contributed by atoms with Crippen molar-refractivity contribution < 1.29 is 4.79 Å². The molecule has 92 valence electrons. The lowest BCUT2D eigenvalue weighted by Crippen LogP contribution is -2.09. The second-order valence-corrected chi connectivity index (χ2v) is 5.04. The predicted octanol–water partition coefficient (Wildman–Crippen LogP) is 0.866. The van der Waals surface area contributed by atoms with Crippen LogP contribution in [0.5, 0.6) is 0 Å². The number of thiophene rings is 1. The Labute approximate surface area is 111 Å². The second kappa shape index (κ2) is 5.68. The zero-order chi connectivity index (χ0) is 13.0. The minimum Gasteiger partial charge on any atom is -0.320 e. The molecule has 0 aromatic carbocycles. The molecule has 0 unspecified atom stereocenters. The first kappa shape index (κ1) is 12.6. The lowest BCUT2D eigenvalue weighted by atomic mass is 10.2. The molecule has 1 amide bonds. The summed E-state index contributed by atoms with van der Waals surface area (Å²) in [7, 11) is 0. The number of carbonyl (C=O) groups excluding carboxylic acids is 1. The van der Waals surface area contributed by atoms with E-state index in [9.17, 15) is 4.79 Å². The Morgan fingerprint density at radius 3 is 3.11 bits per heavy atom. The molecule has 0 spiro atoms. The molecular weight excluding hydrogens is 270 g/mol. The van der Waals surface area contributed by atoms with Crippen LogP contribution in [0.3, 0.4) is 0 Å². The Balaban J connectivity index is 2.16. The van der Waals surface area contributed by atoms with Crippen LogP contribution in [0.25, 0.3) is 0 Å². The number of carbonyl (C=O) groups is 1. The third-order valence-electron chi connectivity index (χ3n) is 1.97. The Kier molecular flexibility index (Phi) is 3.99. The number of nitrogens with two attached hydrogens (primary N) is 1. The molecule has 0 bridgehead atoms. The van der Waals surface area contributed by atoms with Crippen LogP contribution in [-0.2, 0) is 0 Å². The maximum atomic E-state index is 11.9. The van der Waals surface area contributed by atoms with E-state index in [2.05, 4.69) is 32.0 Å². The average molecular weight is 279 g/mol. The van der Waals surface area contributed by atoms with Gasteiger partial charge in [0.25, 0.3) is 5.91 Å². The predicted molar refractivity (Wildman–Crippen MR) is 70.6 cm³/mol. The summed E-state index contributed by atoms with van der Waals surface area (Å²) in [5.74, 6) is 5.47. The number of nitrogens with zero attached hydrogens (tertiary/aromatic N) is 3. The van der Waals surface area contributed by atoms with Crippen molar-refractivity contribution in [2.24, 2.45) is 5.73 Å². The molecule has 2 aromatic heterocycles. The molecule has 0 atom stereocenters. The van der Waals surface area contributed by atoms with E-state index < -0.39 is 0 Å². The monoisotopic (exact) mass is 279 g/mol. The van der Waals surface area contributed by atoms with Crippen molar-refractivity contribution in [1.82, 2.24) is 14.8 Å². The van der Waals surface area contributed by atoms with Crippen molar-refractivity contribution in [3.8, 4) is 11.8 Å². The zero-order valence-electron chi connectivity index (χ0n) is 9.43. The van der Waals surface area contributed by atoms with Crippen molar-refractivity contribution in [3.05, 3.63) is 21.4 Å². The van der Waals surface area contributed by atoms with E-state index in [1.165, 1.54) is 11.3 Å². The smallest absolute Gasteiger partial charge is 0.267 e. The molecule has 18 heavy (non-hydrogen) atoms. The number of amides is 1. The fourth-order valence-electron chi connectivity index (χ4n) is 1.19. The summed E-state index contributed by atoms with van der Waals surface area (Å²) in [6.45, 7) is 2.20. The second-order valence-electron chi connectivity index (χ2n) is 3.25. The number of hydrogen-bond acceptors (Lipinski definition) is 7. The Morgan fingerprint density at radius 2 is 2.44 bits per heavy atom. The molecule has 3 N–H and O–H groups in total. The van der Waals surface area contributed by atoms with Crippen molar-refractivity contribution in [1.29, 1.82) is 0 Å². The van der Waals surface area contributed by atoms with E-state index >= 15 is 0 Å². The van der Waals surface area contributed by atoms with Gasteiger partial charge in [0.15, 0.2) is 0 Å². The van der Waals surface area contributed by atoms with Gasteiger partial charge in [-0.3, -0.25) is 10.1 Å². The summed E-state index contributed by atoms with van der Waals surface area (Å²) in [6, 6.07) is 1.79. The number of nitrogens with one attached hydrogen (secondary N) is 1. The molecule has 0 fully saturated rings. The normalized spacial score (nSPS) is 9.67. The zero-order valence-corrected chi connectivity index (χ0v) is 11.1.